The molecule has 2 bridgehead atoms. The molecule has 2 N–H and O–H groups in total. The van der Waals surface area contributed by atoms with Crippen molar-refractivity contribution < 1.29 is 19.7 Å². The average molecular weight is 259 g/mol. The van der Waals surface area contributed by atoms with E-state index >= 15 is 0 Å². The Kier molecular flexibility index (Phi) is 4.99. The van der Waals surface area contributed by atoms with E-state index in [2.05, 4.69) is 0 Å². The molecule has 0 aromatic heterocycles. The highest BCUT2D eigenvalue weighted by Crippen LogP contribution is 2.38. The van der Waals surface area contributed by atoms with Gasteiger partial charge < -0.3 is 19.8 Å². The van der Waals surface area contributed by atoms with Crippen LogP contribution in [0, 0.1) is 5.92 Å². The van der Waals surface area contributed by atoms with Crippen molar-refractivity contribution in [3.63, 3.8) is 0 Å². The van der Waals surface area contributed by atoms with Gasteiger partial charge in [-0.2, -0.15) is 0 Å². The first-order valence-corrected chi connectivity index (χ1v) is 6.57. The van der Waals surface area contributed by atoms with E-state index < -0.39 is 5.60 Å². The highest BCUT2D eigenvalue weighted by Gasteiger charge is 2.47. The van der Waals surface area contributed by atoms with Gasteiger partial charge >= 0.3 is 6.09 Å². The van der Waals surface area contributed by atoms with E-state index in [0.717, 1.165) is 19.4 Å². The molecule has 0 aromatic rings. The van der Waals surface area contributed by atoms with E-state index in [9.17, 15) is 9.90 Å². The van der Waals surface area contributed by atoms with Crippen LogP contribution >= 0.6 is 0 Å². The number of aliphatic hydroxyl groups excluding tert-OH is 2. The summed E-state index contributed by atoms with van der Waals surface area (Å²) in [6.07, 6.45) is 1.13. The summed E-state index contributed by atoms with van der Waals surface area (Å²) < 4.78 is 5.30. The number of carbonyl (C=O) groups excluding carboxylic acids is 1. The molecule has 2 rings (SSSR count). The lowest BCUT2D eigenvalue weighted by molar-refractivity contribution is -0.00176. The zero-order valence-electron chi connectivity index (χ0n) is 11.7. The summed E-state index contributed by atoms with van der Waals surface area (Å²) in [6, 6.07) is -0.00940. The van der Waals surface area contributed by atoms with Gasteiger partial charge in [0.15, 0.2) is 0 Å². The minimum absolute atomic E-state index is 0.00940. The molecule has 1 saturated carbocycles. The van der Waals surface area contributed by atoms with Crippen LogP contribution in [0.25, 0.3) is 0 Å². The molecular formula is C13H25NO4. The zero-order chi connectivity index (χ0) is 13.9. The molecule has 1 aliphatic carbocycles. The van der Waals surface area contributed by atoms with Crippen molar-refractivity contribution >= 4 is 6.09 Å². The first-order valence-electron chi connectivity index (χ1n) is 6.57. The summed E-state index contributed by atoms with van der Waals surface area (Å²) in [7, 11) is 0. The minimum atomic E-state index is -0.454. The lowest BCUT2D eigenvalue weighted by atomic mass is 10.1. The Hall–Kier alpha value is -0.810. The first kappa shape index (κ1) is 15.2. The van der Waals surface area contributed by atoms with Gasteiger partial charge in [0.25, 0.3) is 0 Å². The van der Waals surface area contributed by atoms with Crippen LogP contribution in [0.1, 0.15) is 40.5 Å². The molecule has 3 unspecified atom stereocenters. The third-order valence-electron chi connectivity index (χ3n) is 3.08. The number of nitrogens with zero attached hydrogens (tertiary/aromatic N) is 1. The van der Waals surface area contributed by atoms with Crippen LogP contribution in [0.3, 0.4) is 0 Å². The molecular weight excluding hydrogens is 234 g/mol. The van der Waals surface area contributed by atoms with Crippen LogP contribution in [0.4, 0.5) is 4.79 Å². The van der Waals surface area contributed by atoms with E-state index in [1.807, 2.05) is 20.8 Å². The van der Waals surface area contributed by atoms with E-state index in [-0.39, 0.29) is 24.8 Å². The second-order valence-corrected chi connectivity index (χ2v) is 5.92. The minimum Gasteiger partial charge on any atom is -0.444 e. The molecule has 106 valence electrons. The van der Waals surface area contributed by atoms with Gasteiger partial charge in [-0.05, 0) is 46.5 Å². The van der Waals surface area contributed by atoms with Crippen LogP contribution in [-0.4, -0.2) is 52.1 Å². The maximum atomic E-state index is 11.8. The predicted molar refractivity (Wildman–Crippen MR) is 68.2 cm³/mol. The smallest absolute Gasteiger partial charge is 0.410 e. The third-order valence-corrected chi connectivity index (χ3v) is 3.08. The molecule has 1 saturated heterocycles. The molecule has 18 heavy (non-hydrogen) atoms. The lowest BCUT2D eigenvalue weighted by Gasteiger charge is -2.32. The first-order chi connectivity index (χ1) is 8.28. The molecule has 5 nitrogen and oxygen atoms in total. The van der Waals surface area contributed by atoms with Gasteiger partial charge in [-0.3, -0.25) is 0 Å². The molecule has 0 spiro atoms. The SMILES string of the molecule is CC(C)(C)OC(=O)N1CC2CC(O)C1C2.CCO. The summed E-state index contributed by atoms with van der Waals surface area (Å²) in [5.74, 6) is 0.470. The van der Waals surface area contributed by atoms with Crippen molar-refractivity contribution in [3.05, 3.63) is 0 Å². The van der Waals surface area contributed by atoms with Gasteiger partial charge in [-0.1, -0.05) is 0 Å². The monoisotopic (exact) mass is 259 g/mol. The number of carbonyl (C=O) groups is 1. The number of likely N-dealkylation sites (tertiary alicyclic amines) is 1. The van der Waals surface area contributed by atoms with E-state index in [1.54, 1.807) is 11.8 Å². The molecule has 1 heterocycles. The lowest BCUT2D eigenvalue weighted by Crippen LogP contribution is -2.46. The van der Waals surface area contributed by atoms with Crippen molar-refractivity contribution in [2.24, 2.45) is 5.92 Å². The standard InChI is InChI=1S/C11H19NO3.C2H6O/c1-11(2,3)15-10(14)12-6-7-4-8(12)9(13)5-7;1-2-3/h7-9,13H,4-6H2,1-3H3;3H,2H2,1H3. The molecule has 5 heteroatoms. The van der Waals surface area contributed by atoms with Gasteiger partial charge in [0.2, 0.25) is 0 Å². The van der Waals surface area contributed by atoms with Gasteiger partial charge in [0.1, 0.15) is 5.60 Å². The van der Waals surface area contributed by atoms with E-state index in [4.69, 9.17) is 9.84 Å². The van der Waals surface area contributed by atoms with Crippen molar-refractivity contribution in [2.45, 2.75) is 58.3 Å². The third kappa shape index (κ3) is 3.85. The van der Waals surface area contributed by atoms with Crippen LogP contribution in [0.2, 0.25) is 0 Å². The quantitative estimate of drug-likeness (QED) is 0.689. The molecule has 1 amide bonds. The number of amides is 1. The normalized spacial score (nSPS) is 29.9. The van der Waals surface area contributed by atoms with Crippen molar-refractivity contribution in [3.8, 4) is 0 Å². The Bertz CT molecular complexity index is 287. The molecule has 2 fully saturated rings. The highest BCUT2D eigenvalue weighted by molar-refractivity contribution is 5.69. The molecule has 3 atom stereocenters. The Balaban J connectivity index is 0.000000492. The van der Waals surface area contributed by atoms with E-state index in [0.29, 0.717) is 5.92 Å². The van der Waals surface area contributed by atoms with Crippen LogP contribution in [0.15, 0.2) is 0 Å². The largest absolute Gasteiger partial charge is 0.444 e. The second-order valence-electron chi connectivity index (χ2n) is 5.92. The Labute approximate surface area is 109 Å². The fourth-order valence-corrected chi connectivity index (χ4v) is 2.52. The fourth-order valence-electron chi connectivity index (χ4n) is 2.52. The topological polar surface area (TPSA) is 70.0 Å². The number of rotatable bonds is 0. The van der Waals surface area contributed by atoms with Crippen molar-refractivity contribution in [1.82, 2.24) is 4.90 Å². The van der Waals surface area contributed by atoms with Gasteiger partial charge in [-0.15, -0.1) is 0 Å². The van der Waals surface area contributed by atoms with Crippen LogP contribution < -0.4 is 0 Å². The number of piperidine rings is 1. The second kappa shape index (κ2) is 5.89. The number of hydrogen-bond donors (Lipinski definition) is 2. The highest BCUT2D eigenvalue weighted by atomic mass is 16.6. The summed E-state index contributed by atoms with van der Waals surface area (Å²) in [6.45, 7) is 8.25. The maximum absolute atomic E-state index is 11.8. The summed E-state index contributed by atoms with van der Waals surface area (Å²) >= 11 is 0. The number of hydrogen-bond acceptors (Lipinski definition) is 4. The summed E-state index contributed by atoms with van der Waals surface area (Å²) in [4.78, 5) is 13.5. The number of ether oxygens (including phenoxy) is 1. The Morgan fingerprint density at radius 2 is 1.94 bits per heavy atom. The predicted octanol–water partition coefficient (Wildman–Crippen LogP) is 1.38. The average Bonchev–Trinajstić information content (AvgIpc) is 2.74. The zero-order valence-corrected chi connectivity index (χ0v) is 11.7. The summed E-state index contributed by atoms with van der Waals surface area (Å²) in [5, 5.41) is 17.3. The number of aliphatic hydroxyl groups is 2. The van der Waals surface area contributed by atoms with Gasteiger partial charge in [0.05, 0.1) is 12.1 Å². The molecule has 2 aliphatic rings. The fraction of sp³-hybridized carbons (Fsp3) is 0.923. The van der Waals surface area contributed by atoms with Crippen LogP contribution in [0.5, 0.6) is 0 Å². The maximum Gasteiger partial charge on any atom is 0.410 e. The van der Waals surface area contributed by atoms with Gasteiger partial charge in [0, 0.05) is 13.2 Å². The Morgan fingerprint density at radius 3 is 2.33 bits per heavy atom. The molecule has 0 radical (unpaired) electrons. The summed E-state index contributed by atoms with van der Waals surface area (Å²) in [5.41, 5.74) is -0.454. The number of fused-ring (bicyclic) bond motifs is 2. The van der Waals surface area contributed by atoms with E-state index in [1.165, 1.54) is 0 Å². The van der Waals surface area contributed by atoms with Crippen molar-refractivity contribution in [1.29, 1.82) is 0 Å². The molecule has 1 aliphatic heterocycles. The molecule has 0 aromatic carbocycles. The Morgan fingerprint density at radius 1 is 1.39 bits per heavy atom. The van der Waals surface area contributed by atoms with Crippen molar-refractivity contribution in [2.75, 3.05) is 13.2 Å². The van der Waals surface area contributed by atoms with Crippen LogP contribution in [-0.2, 0) is 4.74 Å². The van der Waals surface area contributed by atoms with Gasteiger partial charge in [-0.25, -0.2) is 4.79 Å².